The molecule has 0 aliphatic carbocycles. The fourth-order valence-corrected chi connectivity index (χ4v) is 2.28. The number of thiophene rings is 1. The molecule has 0 aliphatic heterocycles. The normalized spacial score (nSPS) is 10.3. The summed E-state index contributed by atoms with van der Waals surface area (Å²) in [6.45, 7) is 3.96. The predicted octanol–water partition coefficient (Wildman–Crippen LogP) is 3.01. The van der Waals surface area contributed by atoms with Crippen LogP contribution in [0.25, 0.3) is 0 Å². The Hall–Kier alpha value is -1.62. The largest absolute Gasteiger partial charge is 0.370 e. The van der Waals surface area contributed by atoms with Gasteiger partial charge in [-0.15, -0.1) is 11.3 Å². The van der Waals surface area contributed by atoms with Crippen LogP contribution in [0.3, 0.4) is 0 Å². The second-order valence-corrected chi connectivity index (χ2v) is 5.00. The van der Waals surface area contributed by atoms with Gasteiger partial charge in [-0.1, -0.05) is 13.0 Å². The zero-order valence-corrected chi connectivity index (χ0v) is 11.3. The molecule has 4 nitrogen and oxygen atoms in total. The van der Waals surface area contributed by atoms with Crippen LogP contribution in [0.2, 0.25) is 0 Å². The molecule has 0 saturated carbocycles. The molecule has 0 aromatic carbocycles. The van der Waals surface area contributed by atoms with Crippen molar-refractivity contribution in [3.63, 3.8) is 0 Å². The fraction of sp³-hybridized carbons (Fsp3) is 0.385. The number of anilines is 2. The van der Waals surface area contributed by atoms with Crippen LogP contribution in [0.1, 0.15) is 18.2 Å². The Morgan fingerprint density at radius 3 is 2.61 bits per heavy atom. The summed E-state index contributed by atoms with van der Waals surface area (Å²) in [6, 6.07) is 6.18. The molecule has 0 atom stereocenters. The molecule has 5 heteroatoms. The standard InChI is InChI=1S/C13H18N4S/c1-2-6-14-12-9-13(17-10-16-12)15-7-5-11-4-3-8-18-11/h3-4,8-10H,2,5-7H2,1H3,(H2,14,15,16,17). The lowest BCUT2D eigenvalue weighted by molar-refractivity contribution is 0.961. The van der Waals surface area contributed by atoms with E-state index in [1.165, 1.54) is 4.88 Å². The molecule has 0 radical (unpaired) electrons. The van der Waals surface area contributed by atoms with E-state index in [0.717, 1.165) is 37.6 Å². The minimum atomic E-state index is 0.875. The maximum absolute atomic E-state index is 4.21. The Morgan fingerprint density at radius 2 is 1.94 bits per heavy atom. The highest BCUT2D eigenvalue weighted by Crippen LogP contribution is 2.11. The first-order chi connectivity index (χ1) is 8.88. The van der Waals surface area contributed by atoms with Crippen molar-refractivity contribution >= 4 is 23.0 Å². The SMILES string of the molecule is CCCNc1cc(NCCc2cccs2)ncn1. The summed E-state index contributed by atoms with van der Waals surface area (Å²) in [5, 5.41) is 8.67. The Bertz CT molecular complexity index is 456. The summed E-state index contributed by atoms with van der Waals surface area (Å²) in [7, 11) is 0. The van der Waals surface area contributed by atoms with Crippen LogP contribution in [-0.2, 0) is 6.42 Å². The van der Waals surface area contributed by atoms with Crippen molar-refractivity contribution in [3.05, 3.63) is 34.8 Å². The van der Waals surface area contributed by atoms with E-state index in [0.29, 0.717) is 0 Å². The van der Waals surface area contributed by atoms with E-state index in [1.54, 1.807) is 17.7 Å². The molecule has 0 fully saturated rings. The highest BCUT2D eigenvalue weighted by molar-refractivity contribution is 7.09. The third kappa shape index (κ3) is 4.00. The van der Waals surface area contributed by atoms with Crippen LogP contribution >= 0.6 is 11.3 Å². The zero-order chi connectivity index (χ0) is 12.6. The molecule has 2 rings (SSSR count). The third-order valence-electron chi connectivity index (χ3n) is 2.48. The van der Waals surface area contributed by atoms with Gasteiger partial charge in [0.1, 0.15) is 18.0 Å². The predicted molar refractivity (Wildman–Crippen MR) is 77.3 cm³/mol. The highest BCUT2D eigenvalue weighted by Gasteiger charge is 1.98. The molecule has 18 heavy (non-hydrogen) atoms. The van der Waals surface area contributed by atoms with E-state index in [-0.39, 0.29) is 0 Å². The maximum Gasteiger partial charge on any atom is 0.131 e. The van der Waals surface area contributed by atoms with E-state index in [1.807, 2.05) is 6.07 Å². The lowest BCUT2D eigenvalue weighted by Crippen LogP contribution is -2.07. The molecule has 0 unspecified atom stereocenters. The van der Waals surface area contributed by atoms with Crippen LogP contribution < -0.4 is 10.6 Å². The molecule has 0 spiro atoms. The second-order valence-electron chi connectivity index (χ2n) is 3.97. The summed E-state index contributed by atoms with van der Waals surface area (Å²) >= 11 is 1.79. The number of hydrogen-bond acceptors (Lipinski definition) is 5. The maximum atomic E-state index is 4.21. The van der Waals surface area contributed by atoms with Gasteiger partial charge in [-0.25, -0.2) is 9.97 Å². The average molecular weight is 262 g/mol. The molecule has 0 aliphatic rings. The van der Waals surface area contributed by atoms with E-state index in [9.17, 15) is 0 Å². The van der Waals surface area contributed by atoms with Gasteiger partial charge in [-0.05, 0) is 24.3 Å². The van der Waals surface area contributed by atoms with E-state index in [4.69, 9.17) is 0 Å². The molecular weight excluding hydrogens is 244 g/mol. The van der Waals surface area contributed by atoms with Gasteiger partial charge < -0.3 is 10.6 Å². The first kappa shape index (κ1) is 12.8. The minimum Gasteiger partial charge on any atom is -0.370 e. The van der Waals surface area contributed by atoms with Crippen molar-refractivity contribution in [2.75, 3.05) is 23.7 Å². The summed E-state index contributed by atoms with van der Waals surface area (Å²) < 4.78 is 0. The Kier molecular flexibility index (Phi) is 4.96. The molecule has 2 heterocycles. The summed E-state index contributed by atoms with van der Waals surface area (Å²) in [6.07, 6.45) is 3.70. The van der Waals surface area contributed by atoms with Crippen molar-refractivity contribution < 1.29 is 0 Å². The first-order valence-electron chi connectivity index (χ1n) is 6.20. The number of aromatic nitrogens is 2. The van der Waals surface area contributed by atoms with Crippen LogP contribution in [0.5, 0.6) is 0 Å². The van der Waals surface area contributed by atoms with Crippen molar-refractivity contribution in [3.8, 4) is 0 Å². The van der Waals surface area contributed by atoms with Crippen molar-refractivity contribution in [2.24, 2.45) is 0 Å². The summed E-state index contributed by atoms with van der Waals surface area (Å²) in [4.78, 5) is 9.77. The van der Waals surface area contributed by atoms with Gasteiger partial charge in [0.25, 0.3) is 0 Å². The smallest absolute Gasteiger partial charge is 0.131 e. The molecule has 2 aromatic rings. The van der Waals surface area contributed by atoms with Gasteiger partial charge in [0.05, 0.1) is 0 Å². The van der Waals surface area contributed by atoms with E-state index < -0.39 is 0 Å². The van der Waals surface area contributed by atoms with Crippen LogP contribution in [0.4, 0.5) is 11.6 Å². The summed E-state index contributed by atoms with van der Waals surface area (Å²) in [5.41, 5.74) is 0. The fourth-order valence-electron chi connectivity index (χ4n) is 1.57. The molecule has 0 amide bonds. The number of hydrogen-bond donors (Lipinski definition) is 2. The van der Waals surface area contributed by atoms with Gasteiger partial charge in [0.2, 0.25) is 0 Å². The highest BCUT2D eigenvalue weighted by atomic mass is 32.1. The molecule has 0 saturated heterocycles. The monoisotopic (exact) mass is 262 g/mol. The van der Waals surface area contributed by atoms with Crippen LogP contribution in [0, 0.1) is 0 Å². The average Bonchev–Trinajstić information content (AvgIpc) is 2.90. The summed E-state index contributed by atoms with van der Waals surface area (Å²) in [5.74, 6) is 1.76. The quantitative estimate of drug-likeness (QED) is 0.805. The van der Waals surface area contributed by atoms with Gasteiger partial charge in [-0.3, -0.25) is 0 Å². The van der Waals surface area contributed by atoms with Crippen LogP contribution in [0.15, 0.2) is 29.9 Å². The van der Waals surface area contributed by atoms with Crippen LogP contribution in [-0.4, -0.2) is 23.1 Å². The lowest BCUT2D eigenvalue weighted by Gasteiger charge is -2.07. The van der Waals surface area contributed by atoms with Gasteiger partial charge in [0.15, 0.2) is 0 Å². The Balaban J connectivity index is 1.81. The van der Waals surface area contributed by atoms with Crippen molar-refractivity contribution in [1.29, 1.82) is 0 Å². The van der Waals surface area contributed by atoms with Gasteiger partial charge >= 0.3 is 0 Å². The number of nitrogens with one attached hydrogen (secondary N) is 2. The molecule has 96 valence electrons. The topological polar surface area (TPSA) is 49.8 Å². The zero-order valence-electron chi connectivity index (χ0n) is 10.5. The minimum absolute atomic E-state index is 0.875. The lowest BCUT2D eigenvalue weighted by atomic mass is 10.3. The van der Waals surface area contributed by atoms with Gasteiger partial charge in [0, 0.05) is 24.0 Å². The molecule has 2 aromatic heterocycles. The van der Waals surface area contributed by atoms with E-state index >= 15 is 0 Å². The Labute approximate surface area is 111 Å². The Morgan fingerprint density at radius 1 is 1.17 bits per heavy atom. The van der Waals surface area contributed by atoms with Gasteiger partial charge in [-0.2, -0.15) is 0 Å². The molecular formula is C13H18N4S. The first-order valence-corrected chi connectivity index (χ1v) is 7.08. The molecule has 0 bridgehead atoms. The second kappa shape index (κ2) is 6.96. The van der Waals surface area contributed by atoms with Crippen molar-refractivity contribution in [2.45, 2.75) is 19.8 Å². The third-order valence-corrected chi connectivity index (χ3v) is 3.42. The number of nitrogens with zero attached hydrogens (tertiary/aromatic N) is 2. The van der Waals surface area contributed by atoms with E-state index in [2.05, 4.69) is 45.0 Å². The molecule has 2 N–H and O–H groups in total. The van der Waals surface area contributed by atoms with Crippen molar-refractivity contribution in [1.82, 2.24) is 9.97 Å². The number of rotatable bonds is 7.